The van der Waals surface area contributed by atoms with Crippen LogP contribution in [0, 0.1) is 0 Å². The Hall–Kier alpha value is -1.83. The lowest BCUT2D eigenvalue weighted by Crippen LogP contribution is -2.02. The molecule has 0 fully saturated rings. The van der Waals surface area contributed by atoms with Crippen LogP contribution in [0.25, 0.3) is 5.57 Å². The highest BCUT2D eigenvalue weighted by Crippen LogP contribution is 2.13. The molecule has 0 amide bonds. The van der Waals surface area contributed by atoms with E-state index in [0.717, 1.165) is 11.1 Å². The summed E-state index contributed by atoms with van der Waals surface area (Å²) in [5, 5.41) is 0. The molecule has 0 aliphatic rings. The smallest absolute Gasteiger partial charge is 0.220 e. The van der Waals surface area contributed by atoms with E-state index in [9.17, 15) is 4.79 Å². The van der Waals surface area contributed by atoms with Crippen LogP contribution in [0.4, 0.5) is 0 Å². The van der Waals surface area contributed by atoms with Gasteiger partial charge in [-0.15, -0.1) is 0 Å². The van der Waals surface area contributed by atoms with Crippen molar-refractivity contribution in [1.29, 1.82) is 0 Å². The predicted octanol–water partition coefficient (Wildman–Crippen LogP) is 3.21. The van der Waals surface area contributed by atoms with Gasteiger partial charge < -0.3 is 4.74 Å². The van der Waals surface area contributed by atoms with Gasteiger partial charge in [0.25, 0.3) is 0 Å². The molecule has 0 heterocycles. The van der Waals surface area contributed by atoms with E-state index in [2.05, 4.69) is 6.58 Å². The molecule has 0 aliphatic carbocycles. The van der Waals surface area contributed by atoms with Gasteiger partial charge in [0.05, 0.1) is 6.61 Å². The van der Waals surface area contributed by atoms with Crippen LogP contribution in [-0.4, -0.2) is 12.4 Å². The summed E-state index contributed by atoms with van der Waals surface area (Å²) in [6.07, 6.45) is 1.55. The van der Waals surface area contributed by atoms with Gasteiger partial charge >= 0.3 is 0 Å². The van der Waals surface area contributed by atoms with E-state index < -0.39 is 0 Å². The van der Waals surface area contributed by atoms with E-state index in [1.54, 1.807) is 6.08 Å². The number of carbonyl (C=O) groups is 1. The normalized spacial score (nSPS) is 11.0. The largest absolute Gasteiger partial charge is 0.490 e. The molecular formula is C14H16O2. The van der Waals surface area contributed by atoms with Crippen molar-refractivity contribution in [1.82, 2.24) is 0 Å². The fraction of sp³-hybridized carbons (Fsp3) is 0.214. The molecule has 2 heteroatoms. The van der Waals surface area contributed by atoms with E-state index in [4.69, 9.17) is 4.74 Å². The van der Waals surface area contributed by atoms with Gasteiger partial charge in [-0.1, -0.05) is 36.9 Å². The van der Waals surface area contributed by atoms with Crippen molar-refractivity contribution in [2.75, 3.05) is 6.61 Å². The summed E-state index contributed by atoms with van der Waals surface area (Å²) in [5.74, 6) is 0.0148. The van der Waals surface area contributed by atoms with Crippen molar-refractivity contribution >= 4 is 11.4 Å². The quantitative estimate of drug-likeness (QED) is 0.558. The number of ether oxygens (including phenoxy) is 1. The van der Waals surface area contributed by atoms with Gasteiger partial charge in [0.2, 0.25) is 5.78 Å². The summed E-state index contributed by atoms with van der Waals surface area (Å²) in [5.41, 5.74) is 1.94. The number of ketones is 1. The summed E-state index contributed by atoms with van der Waals surface area (Å²) in [7, 11) is 0. The highest BCUT2D eigenvalue weighted by Gasteiger charge is 2.05. The van der Waals surface area contributed by atoms with Gasteiger partial charge in [-0.3, -0.25) is 4.79 Å². The van der Waals surface area contributed by atoms with Crippen molar-refractivity contribution in [2.45, 2.75) is 13.8 Å². The van der Waals surface area contributed by atoms with E-state index in [-0.39, 0.29) is 11.5 Å². The molecule has 84 valence electrons. The molecule has 0 aliphatic heterocycles. The molecule has 16 heavy (non-hydrogen) atoms. The molecule has 0 N–H and O–H groups in total. The van der Waals surface area contributed by atoms with Gasteiger partial charge in [0.15, 0.2) is 5.76 Å². The molecule has 0 radical (unpaired) electrons. The van der Waals surface area contributed by atoms with Crippen molar-refractivity contribution < 1.29 is 9.53 Å². The minimum absolute atomic E-state index is 0.178. The third-order valence-corrected chi connectivity index (χ3v) is 2.17. The fourth-order valence-corrected chi connectivity index (χ4v) is 1.31. The minimum atomic E-state index is -0.178. The molecule has 1 aromatic rings. The summed E-state index contributed by atoms with van der Waals surface area (Å²) in [6, 6.07) is 9.74. The summed E-state index contributed by atoms with van der Waals surface area (Å²) < 4.78 is 5.05. The second-order valence-electron chi connectivity index (χ2n) is 3.41. The number of hydrogen-bond donors (Lipinski definition) is 0. The first-order chi connectivity index (χ1) is 7.65. The van der Waals surface area contributed by atoms with Crippen molar-refractivity contribution in [3.05, 3.63) is 54.3 Å². The van der Waals surface area contributed by atoms with Crippen LogP contribution >= 0.6 is 0 Å². The Labute approximate surface area is 96.2 Å². The SMILES string of the molecule is C=C(OCC)C(=O)/C=C(\C)c1ccccc1. The molecule has 0 saturated carbocycles. The van der Waals surface area contributed by atoms with E-state index in [1.165, 1.54) is 0 Å². The molecule has 1 rings (SSSR count). The van der Waals surface area contributed by atoms with E-state index in [0.29, 0.717) is 6.61 Å². The van der Waals surface area contributed by atoms with E-state index in [1.807, 2.05) is 44.2 Å². The molecular weight excluding hydrogens is 200 g/mol. The van der Waals surface area contributed by atoms with Crippen LogP contribution in [0.1, 0.15) is 19.4 Å². The van der Waals surface area contributed by atoms with Gasteiger partial charge in [-0.05, 0) is 31.1 Å². The summed E-state index contributed by atoms with van der Waals surface area (Å²) in [6.45, 7) is 7.76. The van der Waals surface area contributed by atoms with Crippen LogP contribution in [0.3, 0.4) is 0 Å². The monoisotopic (exact) mass is 216 g/mol. The Morgan fingerprint density at radius 2 is 2.00 bits per heavy atom. The lowest BCUT2D eigenvalue weighted by molar-refractivity contribution is -0.114. The molecule has 1 aromatic carbocycles. The van der Waals surface area contributed by atoms with Crippen LogP contribution in [-0.2, 0) is 9.53 Å². The standard InChI is InChI=1S/C14H16O2/c1-4-16-12(3)14(15)10-11(2)13-8-6-5-7-9-13/h5-10H,3-4H2,1-2H3/b11-10+. The Bertz CT molecular complexity index is 402. The van der Waals surface area contributed by atoms with Crippen LogP contribution in [0.2, 0.25) is 0 Å². The van der Waals surface area contributed by atoms with Crippen LogP contribution in [0.5, 0.6) is 0 Å². The molecule has 0 spiro atoms. The zero-order chi connectivity index (χ0) is 12.0. The third-order valence-electron chi connectivity index (χ3n) is 2.17. The van der Waals surface area contributed by atoms with Crippen LogP contribution in [0.15, 0.2) is 48.7 Å². The molecule has 2 nitrogen and oxygen atoms in total. The van der Waals surface area contributed by atoms with E-state index >= 15 is 0 Å². The topological polar surface area (TPSA) is 26.3 Å². The number of benzene rings is 1. The Balaban J connectivity index is 2.78. The van der Waals surface area contributed by atoms with Crippen molar-refractivity contribution in [3.63, 3.8) is 0 Å². The number of hydrogen-bond acceptors (Lipinski definition) is 2. The average molecular weight is 216 g/mol. The lowest BCUT2D eigenvalue weighted by Gasteiger charge is -2.04. The zero-order valence-electron chi connectivity index (χ0n) is 9.69. The molecule has 0 unspecified atom stereocenters. The van der Waals surface area contributed by atoms with Crippen LogP contribution < -0.4 is 0 Å². The first kappa shape index (κ1) is 12.2. The highest BCUT2D eigenvalue weighted by molar-refractivity contribution is 6.06. The van der Waals surface area contributed by atoms with Gasteiger partial charge in [0.1, 0.15) is 0 Å². The number of allylic oxidation sites excluding steroid dienone is 2. The first-order valence-electron chi connectivity index (χ1n) is 5.25. The second kappa shape index (κ2) is 5.91. The predicted molar refractivity (Wildman–Crippen MR) is 65.9 cm³/mol. The Morgan fingerprint density at radius 1 is 1.38 bits per heavy atom. The van der Waals surface area contributed by atoms with Gasteiger partial charge in [-0.25, -0.2) is 0 Å². The molecule has 0 aromatic heterocycles. The first-order valence-corrected chi connectivity index (χ1v) is 5.25. The Morgan fingerprint density at radius 3 is 2.56 bits per heavy atom. The maximum absolute atomic E-state index is 11.6. The minimum Gasteiger partial charge on any atom is -0.490 e. The summed E-state index contributed by atoms with van der Waals surface area (Å²) in [4.78, 5) is 11.6. The second-order valence-corrected chi connectivity index (χ2v) is 3.41. The highest BCUT2D eigenvalue weighted by atomic mass is 16.5. The lowest BCUT2D eigenvalue weighted by atomic mass is 10.1. The zero-order valence-corrected chi connectivity index (χ0v) is 9.69. The fourth-order valence-electron chi connectivity index (χ4n) is 1.31. The van der Waals surface area contributed by atoms with Crippen molar-refractivity contribution in [3.8, 4) is 0 Å². The maximum Gasteiger partial charge on any atom is 0.220 e. The van der Waals surface area contributed by atoms with Crippen molar-refractivity contribution in [2.24, 2.45) is 0 Å². The van der Waals surface area contributed by atoms with Gasteiger partial charge in [0, 0.05) is 0 Å². The Kier molecular flexibility index (Phi) is 4.52. The van der Waals surface area contributed by atoms with Gasteiger partial charge in [-0.2, -0.15) is 0 Å². The molecule has 0 bridgehead atoms. The average Bonchev–Trinajstić information content (AvgIpc) is 2.30. The molecule has 0 saturated heterocycles. The molecule has 0 atom stereocenters. The third kappa shape index (κ3) is 3.39. The maximum atomic E-state index is 11.6. The number of carbonyl (C=O) groups excluding carboxylic acids is 1. The number of rotatable bonds is 5. The summed E-state index contributed by atoms with van der Waals surface area (Å²) >= 11 is 0.